The lowest BCUT2D eigenvalue weighted by atomic mass is 10.2. The van der Waals surface area contributed by atoms with E-state index in [4.69, 9.17) is 9.84 Å². The summed E-state index contributed by atoms with van der Waals surface area (Å²) >= 11 is 0. The Labute approximate surface area is 75.9 Å². The van der Waals surface area contributed by atoms with Gasteiger partial charge in [-0.1, -0.05) is 19.8 Å². The average Bonchev–Trinajstić information content (AvgIpc) is 2.09. The predicted molar refractivity (Wildman–Crippen MR) is 51.3 cm³/mol. The molecule has 0 saturated heterocycles. The molecule has 12 heavy (non-hydrogen) atoms. The molecule has 0 bridgehead atoms. The lowest BCUT2D eigenvalue weighted by Crippen LogP contribution is -2.09. The quantitative estimate of drug-likeness (QED) is 0.572. The highest BCUT2D eigenvalue weighted by Gasteiger charge is 1.99. The molecule has 0 spiro atoms. The third-order valence-electron chi connectivity index (χ3n) is 1.92. The van der Waals surface area contributed by atoms with Crippen molar-refractivity contribution in [2.45, 2.75) is 52.1 Å². The van der Waals surface area contributed by atoms with E-state index in [0.29, 0.717) is 6.10 Å². The molecule has 0 aliphatic rings. The smallest absolute Gasteiger partial charge is 0.0547 e. The van der Waals surface area contributed by atoms with Crippen molar-refractivity contribution in [3.63, 3.8) is 0 Å². The van der Waals surface area contributed by atoms with Crippen LogP contribution in [-0.2, 0) is 4.74 Å². The monoisotopic (exact) mass is 174 g/mol. The third kappa shape index (κ3) is 8.02. The van der Waals surface area contributed by atoms with Crippen molar-refractivity contribution in [1.29, 1.82) is 0 Å². The van der Waals surface area contributed by atoms with Crippen LogP contribution in [0, 0.1) is 0 Å². The third-order valence-corrected chi connectivity index (χ3v) is 1.92. The van der Waals surface area contributed by atoms with Gasteiger partial charge in [-0.3, -0.25) is 0 Å². The summed E-state index contributed by atoms with van der Waals surface area (Å²) in [4.78, 5) is 0. The van der Waals surface area contributed by atoms with Crippen LogP contribution in [-0.4, -0.2) is 24.4 Å². The molecule has 1 atom stereocenters. The summed E-state index contributed by atoms with van der Waals surface area (Å²) in [6.07, 6.45) is 5.89. The highest BCUT2D eigenvalue weighted by molar-refractivity contribution is 4.49. The first-order valence-electron chi connectivity index (χ1n) is 5.03. The molecule has 74 valence electrons. The van der Waals surface area contributed by atoms with E-state index < -0.39 is 0 Å². The van der Waals surface area contributed by atoms with Crippen molar-refractivity contribution in [3.8, 4) is 0 Å². The highest BCUT2D eigenvalue weighted by Crippen LogP contribution is 2.04. The molecule has 0 aliphatic carbocycles. The van der Waals surface area contributed by atoms with Gasteiger partial charge in [0.15, 0.2) is 0 Å². The second-order valence-corrected chi connectivity index (χ2v) is 3.25. The molecule has 0 aromatic heterocycles. The molecule has 0 aliphatic heterocycles. The van der Waals surface area contributed by atoms with Gasteiger partial charge in [0.2, 0.25) is 0 Å². The van der Waals surface area contributed by atoms with E-state index in [1.807, 2.05) is 0 Å². The molecule has 0 rings (SSSR count). The van der Waals surface area contributed by atoms with Crippen molar-refractivity contribution in [1.82, 2.24) is 0 Å². The molecule has 0 amide bonds. The lowest BCUT2D eigenvalue weighted by molar-refractivity contribution is 0.0541. The number of rotatable bonds is 8. The summed E-state index contributed by atoms with van der Waals surface area (Å²) in [6, 6.07) is 0. The van der Waals surface area contributed by atoms with E-state index in [-0.39, 0.29) is 6.61 Å². The van der Waals surface area contributed by atoms with Gasteiger partial charge in [-0.05, 0) is 26.2 Å². The SMILES string of the molecule is CCCCC(C)OCCCCO. The van der Waals surface area contributed by atoms with Gasteiger partial charge in [-0.25, -0.2) is 0 Å². The molecule has 0 heterocycles. The minimum atomic E-state index is 0.284. The standard InChI is InChI=1S/C10H22O2/c1-3-4-7-10(2)12-9-6-5-8-11/h10-11H,3-9H2,1-2H3. The molecule has 0 aromatic carbocycles. The maximum Gasteiger partial charge on any atom is 0.0547 e. The molecular formula is C10H22O2. The fourth-order valence-electron chi connectivity index (χ4n) is 1.07. The number of hydrogen-bond donors (Lipinski definition) is 1. The van der Waals surface area contributed by atoms with Crippen LogP contribution in [0.5, 0.6) is 0 Å². The minimum absolute atomic E-state index is 0.284. The fraction of sp³-hybridized carbons (Fsp3) is 1.00. The normalized spacial score (nSPS) is 13.2. The Bertz CT molecular complexity index is 83.9. The number of aliphatic hydroxyl groups is 1. The minimum Gasteiger partial charge on any atom is -0.396 e. The van der Waals surface area contributed by atoms with Crippen LogP contribution in [0.1, 0.15) is 46.0 Å². The van der Waals surface area contributed by atoms with Gasteiger partial charge in [0.1, 0.15) is 0 Å². The topological polar surface area (TPSA) is 29.5 Å². The van der Waals surface area contributed by atoms with E-state index in [2.05, 4.69) is 13.8 Å². The van der Waals surface area contributed by atoms with Gasteiger partial charge in [0, 0.05) is 13.2 Å². The van der Waals surface area contributed by atoms with E-state index >= 15 is 0 Å². The van der Waals surface area contributed by atoms with Crippen LogP contribution >= 0.6 is 0 Å². The van der Waals surface area contributed by atoms with Gasteiger partial charge < -0.3 is 9.84 Å². The lowest BCUT2D eigenvalue weighted by Gasteiger charge is -2.11. The Balaban J connectivity index is 3.02. The zero-order chi connectivity index (χ0) is 9.23. The Kier molecular flexibility index (Phi) is 8.95. The van der Waals surface area contributed by atoms with E-state index in [0.717, 1.165) is 25.9 Å². The summed E-state index contributed by atoms with van der Waals surface area (Å²) in [5.41, 5.74) is 0. The Morgan fingerprint density at radius 2 is 2.00 bits per heavy atom. The number of hydrogen-bond acceptors (Lipinski definition) is 2. The number of aliphatic hydroxyl groups excluding tert-OH is 1. The van der Waals surface area contributed by atoms with Gasteiger partial charge in [0.05, 0.1) is 6.10 Å². The first-order chi connectivity index (χ1) is 5.81. The Hall–Kier alpha value is -0.0800. The van der Waals surface area contributed by atoms with Crippen LogP contribution < -0.4 is 0 Å². The van der Waals surface area contributed by atoms with Gasteiger partial charge in [0.25, 0.3) is 0 Å². The molecule has 0 fully saturated rings. The van der Waals surface area contributed by atoms with Crippen LogP contribution in [0.3, 0.4) is 0 Å². The van der Waals surface area contributed by atoms with Crippen molar-refractivity contribution >= 4 is 0 Å². The average molecular weight is 174 g/mol. The highest BCUT2D eigenvalue weighted by atomic mass is 16.5. The van der Waals surface area contributed by atoms with E-state index in [1.165, 1.54) is 12.8 Å². The van der Waals surface area contributed by atoms with Crippen LogP contribution in [0.15, 0.2) is 0 Å². The van der Waals surface area contributed by atoms with E-state index in [1.54, 1.807) is 0 Å². The van der Waals surface area contributed by atoms with Crippen molar-refractivity contribution in [3.05, 3.63) is 0 Å². The number of unbranched alkanes of at least 4 members (excludes halogenated alkanes) is 2. The summed E-state index contributed by atoms with van der Waals surface area (Å²) in [7, 11) is 0. The maximum atomic E-state index is 8.52. The summed E-state index contributed by atoms with van der Waals surface area (Å²) in [6.45, 7) is 5.39. The summed E-state index contributed by atoms with van der Waals surface area (Å²) < 4.78 is 5.54. The fourth-order valence-corrected chi connectivity index (χ4v) is 1.07. The Morgan fingerprint density at radius 3 is 2.58 bits per heavy atom. The molecule has 0 radical (unpaired) electrons. The number of ether oxygens (including phenoxy) is 1. The van der Waals surface area contributed by atoms with Crippen LogP contribution in [0.4, 0.5) is 0 Å². The second-order valence-electron chi connectivity index (χ2n) is 3.25. The summed E-state index contributed by atoms with van der Waals surface area (Å²) in [5.74, 6) is 0. The molecule has 1 N–H and O–H groups in total. The molecular weight excluding hydrogens is 152 g/mol. The molecule has 2 heteroatoms. The molecule has 1 unspecified atom stereocenters. The van der Waals surface area contributed by atoms with E-state index in [9.17, 15) is 0 Å². The van der Waals surface area contributed by atoms with Gasteiger partial charge in [-0.2, -0.15) is 0 Å². The van der Waals surface area contributed by atoms with Gasteiger partial charge in [-0.15, -0.1) is 0 Å². The summed E-state index contributed by atoms with van der Waals surface area (Å²) in [5, 5.41) is 8.52. The molecule has 0 saturated carbocycles. The second kappa shape index (κ2) is 9.01. The van der Waals surface area contributed by atoms with Crippen molar-refractivity contribution < 1.29 is 9.84 Å². The molecule has 2 nitrogen and oxygen atoms in total. The zero-order valence-electron chi connectivity index (χ0n) is 8.38. The molecule has 0 aromatic rings. The zero-order valence-corrected chi connectivity index (χ0v) is 8.38. The van der Waals surface area contributed by atoms with Gasteiger partial charge >= 0.3 is 0 Å². The first-order valence-corrected chi connectivity index (χ1v) is 5.03. The van der Waals surface area contributed by atoms with Crippen LogP contribution in [0.2, 0.25) is 0 Å². The van der Waals surface area contributed by atoms with Crippen LogP contribution in [0.25, 0.3) is 0 Å². The predicted octanol–water partition coefficient (Wildman–Crippen LogP) is 2.35. The van der Waals surface area contributed by atoms with Crippen molar-refractivity contribution in [2.75, 3.05) is 13.2 Å². The maximum absolute atomic E-state index is 8.52. The largest absolute Gasteiger partial charge is 0.396 e. The van der Waals surface area contributed by atoms with Crippen molar-refractivity contribution in [2.24, 2.45) is 0 Å². The first kappa shape index (κ1) is 11.9. The Morgan fingerprint density at radius 1 is 1.25 bits per heavy atom.